The molecule has 0 spiro atoms. The van der Waals surface area contributed by atoms with Crippen molar-refractivity contribution in [1.29, 1.82) is 0 Å². The minimum Gasteiger partial charge on any atom is -0.493 e. The third-order valence-electron chi connectivity index (χ3n) is 5.02. The van der Waals surface area contributed by atoms with E-state index in [1.807, 2.05) is 24.3 Å². The molecule has 0 atom stereocenters. The fraction of sp³-hybridized carbons (Fsp3) is 0.227. The van der Waals surface area contributed by atoms with E-state index in [0.29, 0.717) is 40.3 Å². The summed E-state index contributed by atoms with van der Waals surface area (Å²) >= 11 is 3.44. The highest BCUT2D eigenvalue weighted by Crippen LogP contribution is 2.34. The molecule has 0 aliphatic carbocycles. The van der Waals surface area contributed by atoms with Gasteiger partial charge in [0.05, 0.1) is 19.7 Å². The molecular weight excluding hydrogens is 464 g/mol. The first-order valence-corrected chi connectivity index (χ1v) is 10.4. The average molecular weight is 485 g/mol. The molecule has 0 aliphatic rings. The Hall–Kier alpha value is -3.33. The molecule has 0 aliphatic heterocycles. The summed E-state index contributed by atoms with van der Waals surface area (Å²) in [5.74, 6) is 0.866. The number of fused-ring (bicyclic) bond motifs is 3. The standard InChI is InChI=1S/C22H21BrN4O4/c1-13-7-20(28)25-22-16-9-18(30-2)19(31-3)10-17(16)26(27(13)22)12-21(29)24-11-14-5-4-6-15(23)8-14/h4-10H,11-12H2,1-3H3,(H,24,29). The van der Waals surface area contributed by atoms with Crippen molar-refractivity contribution in [3.8, 4) is 11.5 Å². The fourth-order valence-electron chi connectivity index (χ4n) is 3.63. The van der Waals surface area contributed by atoms with Crippen molar-refractivity contribution in [3.63, 3.8) is 0 Å². The van der Waals surface area contributed by atoms with E-state index in [9.17, 15) is 9.59 Å². The molecule has 160 valence electrons. The van der Waals surface area contributed by atoms with E-state index in [-0.39, 0.29) is 18.0 Å². The van der Waals surface area contributed by atoms with Crippen molar-refractivity contribution >= 4 is 38.4 Å². The van der Waals surface area contributed by atoms with Crippen LogP contribution in [0.2, 0.25) is 0 Å². The topological polar surface area (TPSA) is 86.9 Å². The summed E-state index contributed by atoms with van der Waals surface area (Å²) in [6.45, 7) is 2.24. The predicted octanol–water partition coefficient (Wildman–Crippen LogP) is 3.05. The van der Waals surface area contributed by atoms with E-state index in [0.717, 1.165) is 10.0 Å². The Bertz CT molecular complexity index is 1360. The number of carbonyl (C=O) groups is 1. The van der Waals surface area contributed by atoms with Gasteiger partial charge in [0.2, 0.25) is 5.91 Å². The fourth-order valence-corrected chi connectivity index (χ4v) is 4.08. The lowest BCUT2D eigenvalue weighted by Crippen LogP contribution is -2.29. The zero-order valence-electron chi connectivity index (χ0n) is 17.3. The number of ether oxygens (including phenoxy) is 2. The molecule has 0 saturated carbocycles. The van der Waals surface area contributed by atoms with Crippen LogP contribution in [0.5, 0.6) is 11.5 Å². The average Bonchev–Trinajstić information content (AvgIpc) is 3.04. The van der Waals surface area contributed by atoms with Gasteiger partial charge in [0.1, 0.15) is 6.54 Å². The smallest absolute Gasteiger partial charge is 0.273 e. The maximum Gasteiger partial charge on any atom is 0.273 e. The quantitative estimate of drug-likeness (QED) is 0.454. The number of nitrogens with zero attached hydrogens (tertiary/aromatic N) is 3. The Balaban J connectivity index is 1.77. The largest absolute Gasteiger partial charge is 0.493 e. The molecule has 31 heavy (non-hydrogen) atoms. The van der Waals surface area contributed by atoms with E-state index in [1.54, 1.807) is 42.5 Å². The summed E-state index contributed by atoms with van der Waals surface area (Å²) < 4.78 is 15.3. The summed E-state index contributed by atoms with van der Waals surface area (Å²) in [7, 11) is 3.09. The number of amides is 1. The lowest BCUT2D eigenvalue weighted by Gasteiger charge is -2.12. The van der Waals surface area contributed by atoms with Crippen LogP contribution in [0.25, 0.3) is 16.6 Å². The van der Waals surface area contributed by atoms with Gasteiger partial charge in [-0.25, -0.2) is 4.52 Å². The third kappa shape index (κ3) is 4.00. The summed E-state index contributed by atoms with van der Waals surface area (Å²) in [5.41, 5.74) is 2.48. The molecule has 2 aromatic heterocycles. The van der Waals surface area contributed by atoms with Crippen LogP contribution in [-0.2, 0) is 17.9 Å². The normalized spacial score (nSPS) is 11.1. The van der Waals surface area contributed by atoms with Gasteiger partial charge < -0.3 is 14.8 Å². The van der Waals surface area contributed by atoms with Crippen molar-refractivity contribution < 1.29 is 14.3 Å². The minimum absolute atomic E-state index is 0.0366. The van der Waals surface area contributed by atoms with Gasteiger partial charge in [0, 0.05) is 34.2 Å². The lowest BCUT2D eigenvalue weighted by molar-refractivity contribution is -0.122. The zero-order valence-corrected chi connectivity index (χ0v) is 18.9. The molecular formula is C22H21BrN4O4. The first kappa shape index (κ1) is 20.9. The summed E-state index contributed by atoms with van der Waals surface area (Å²) in [6, 6.07) is 12.7. The van der Waals surface area contributed by atoms with Gasteiger partial charge in [-0.3, -0.25) is 14.3 Å². The number of halogens is 1. The summed E-state index contributed by atoms with van der Waals surface area (Å²) in [5, 5.41) is 3.64. The number of methoxy groups -OCH3 is 2. The number of carbonyl (C=O) groups excluding carboxylic acids is 1. The highest BCUT2D eigenvalue weighted by molar-refractivity contribution is 9.10. The second-order valence-electron chi connectivity index (χ2n) is 7.06. The van der Waals surface area contributed by atoms with Gasteiger partial charge in [0.25, 0.3) is 5.56 Å². The SMILES string of the molecule is COc1cc2c(cc1OC)n(CC(=O)NCc1cccc(Br)c1)n1c(C)cc(=O)nc21. The number of benzene rings is 2. The summed E-state index contributed by atoms with van der Waals surface area (Å²) in [4.78, 5) is 29.1. The molecule has 0 unspecified atom stereocenters. The monoisotopic (exact) mass is 484 g/mol. The van der Waals surface area contributed by atoms with Gasteiger partial charge in [0.15, 0.2) is 17.1 Å². The van der Waals surface area contributed by atoms with Crippen LogP contribution < -0.4 is 20.3 Å². The Kier molecular flexibility index (Phi) is 5.69. The molecule has 8 nitrogen and oxygen atoms in total. The van der Waals surface area contributed by atoms with Crippen molar-refractivity contribution in [2.75, 3.05) is 14.2 Å². The molecule has 4 rings (SSSR count). The molecule has 2 heterocycles. The molecule has 2 aromatic carbocycles. The molecule has 1 N–H and O–H groups in total. The van der Waals surface area contributed by atoms with Crippen molar-refractivity contribution in [2.45, 2.75) is 20.0 Å². The maximum atomic E-state index is 12.8. The Morgan fingerprint density at radius 2 is 1.87 bits per heavy atom. The van der Waals surface area contributed by atoms with Crippen LogP contribution >= 0.6 is 15.9 Å². The van der Waals surface area contributed by atoms with Gasteiger partial charge in [-0.05, 0) is 30.7 Å². The zero-order chi connectivity index (χ0) is 22.1. The number of hydrogen-bond acceptors (Lipinski definition) is 5. The first-order valence-electron chi connectivity index (χ1n) is 9.57. The van der Waals surface area contributed by atoms with E-state index >= 15 is 0 Å². The van der Waals surface area contributed by atoms with Crippen LogP contribution in [0.3, 0.4) is 0 Å². The van der Waals surface area contributed by atoms with Crippen LogP contribution in [0, 0.1) is 6.92 Å². The molecule has 4 aromatic rings. The van der Waals surface area contributed by atoms with Crippen molar-refractivity contribution in [2.24, 2.45) is 0 Å². The number of aromatic nitrogens is 3. The Morgan fingerprint density at radius 3 is 2.58 bits per heavy atom. The van der Waals surface area contributed by atoms with Gasteiger partial charge in [-0.1, -0.05) is 28.1 Å². The van der Waals surface area contributed by atoms with Crippen LogP contribution in [0.15, 0.2) is 51.7 Å². The highest BCUT2D eigenvalue weighted by atomic mass is 79.9. The van der Waals surface area contributed by atoms with Crippen molar-refractivity contribution in [1.82, 2.24) is 19.5 Å². The maximum absolute atomic E-state index is 12.8. The van der Waals surface area contributed by atoms with Gasteiger partial charge in [-0.15, -0.1) is 0 Å². The third-order valence-corrected chi connectivity index (χ3v) is 5.51. The highest BCUT2D eigenvalue weighted by Gasteiger charge is 2.19. The Morgan fingerprint density at radius 1 is 1.13 bits per heavy atom. The number of aryl methyl sites for hydroxylation is 1. The molecule has 0 bridgehead atoms. The van der Waals surface area contributed by atoms with Gasteiger partial charge >= 0.3 is 0 Å². The number of hydrogen-bond donors (Lipinski definition) is 1. The second kappa shape index (κ2) is 8.43. The van der Waals surface area contributed by atoms with Crippen LogP contribution in [0.4, 0.5) is 0 Å². The minimum atomic E-state index is -0.342. The van der Waals surface area contributed by atoms with E-state index in [4.69, 9.17) is 9.47 Å². The molecule has 1 amide bonds. The van der Waals surface area contributed by atoms with Crippen LogP contribution in [-0.4, -0.2) is 34.3 Å². The van der Waals surface area contributed by atoms with Crippen LogP contribution in [0.1, 0.15) is 11.3 Å². The molecule has 0 fully saturated rings. The van der Waals surface area contributed by atoms with E-state index < -0.39 is 0 Å². The van der Waals surface area contributed by atoms with E-state index in [2.05, 4.69) is 26.2 Å². The molecule has 9 heteroatoms. The van der Waals surface area contributed by atoms with Crippen molar-refractivity contribution in [3.05, 3.63) is 68.5 Å². The summed E-state index contributed by atoms with van der Waals surface area (Å²) in [6.07, 6.45) is 0. The number of nitrogens with one attached hydrogen (secondary N) is 1. The number of rotatable bonds is 6. The predicted molar refractivity (Wildman–Crippen MR) is 121 cm³/mol. The van der Waals surface area contributed by atoms with Gasteiger partial charge in [-0.2, -0.15) is 4.98 Å². The van der Waals surface area contributed by atoms with E-state index in [1.165, 1.54) is 6.07 Å². The molecule has 0 saturated heterocycles. The molecule has 0 radical (unpaired) electrons. The first-order chi connectivity index (χ1) is 14.9. The lowest BCUT2D eigenvalue weighted by atomic mass is 10.2. The second-order valence-corrected chi connectivity index (χ2v) is 7.98. The Labute approximate surface area is 186 Å².